The van der Waals surface area contributed by atoms with Crippen LogP contribution in [-0.2, 0) is 5.75 Å². The van der Waals surface area contributed by atoms with Crippen molar-refractivity contribution in [3.8, 4) is 0 Å². The molecule has 0 unspecified atom stereocenters. The fraction of sp³-hybridized carbons (Fsp3) is 0.176. The number of halogens is 1. The van der Waals surface area contributed by atoms with E-state index in [-0.39, 0.29) is 0 Å². The van der Waals surface area contributed by atoms with Gasteiger partial charge in [-0.2, -0.15) is 0 Å². The molecule has 3 heterocycles. The molecule has 116 valence electrons. The molecule has 0 aliphatic rings. The summed E-state index contributed by atoms with van der Waals surface area (Å²) in [7, 11) is 0. The van der Waals surface area contributed by atoms with Crippen LogP contribution in [0.4, 0.5) is 0 Å². The Hall–Kier alpha value is -1.98. The second kappa shape index (κ2) is 5.58. The average molecular weight is 344 g/mol. The van der Waals surface area contributed by atoms with Gasteiger partial charge in [-0.15, -0.1) is 10.2 Å². The van der Waals surface area contributed by atoms with Crippen molar-refractivity contribution in [1.82, 2.24) is 14.6 Å². The van der Waals surface area contributed by atoms with E-state index in [1.165, 1.54) is 0 Å². The van der Waals surface area contributed by atoms with E-state index in [4.69, 9.17) is 16.0 Å². The number of benzene rings is 1. The lowest BCUT2D eigenvalue weighted by atomic mass is 10.2. The Morgan fingerprint density at radius 2 is 1.96 bits per heavy atom. The molecule has 0 bridgehead atoms. The second-order valence-corrected chi connectivity index (χ2v) is 6.78. The number of aromatic nitrogens is 3. The molecule has 4 nitrogen and oxygen atoms in total. The zero-order chi connectivity index (χ0) is 16.0. The molecule has 0 atom stereocenters. The van der Waals surface area contributed by atoms with Crippen molar-refractivity contribution in [1.29, 1.82) is 0 Å². The van der Waals surface area contributed by atoms with Crippen molar-refractivity contribution in [2.24, 2.45) is 0 Å². The number of aryl methyl sites for hydroxylation is 2. The van der Waals surface area contributed by atoms with Crippen molar-refractivity contribution in [3.63, 3.8) is 0 Å². The normalized spacial score (nSPS) is 11.6. The summed E-state index contributed by atoms with van der Waals surface area (Å²) in [4.78, 5) is 0. The molecular weight excluding hydrogens is 330 g/mol. The van der Waals surface area contributed by atoms with Gasteiger partial charge in [-0.3, -0.25) is 4.40 Å². The van der Waals surface area contributed by atoms with Crippen molar-refractivity contribution in [2.75, 3.05) is 0 Å². The van der Waals surface area contributed by atoms with Gasteiger partial charge in [0.1, 0.15) is 16.6 Å². The Morgan fingerprint density at radius 1 is 1.13 bits per heavy atom. The third-order valence-electron chi connectivity index (χ3n) is 3.76. The smallest absolute Gasteiger partial charge is 0.153 e. The van der Waals surface area contributed by atoms with Gasteiger partial charge < -0.3 is 4.42 Å². The van der Waals surface area contributed by atoms with Crippen LogP contribution in [0.5, 0.6) is 0 Å². The fourth-order valence-electron chi connectivity index (χ4n) is 2.70. The SMILES string of the molecule is Cc1cc2c(cc3c(SCc4ccccc4Cl)nnc(C)n32)o1. The monoisotopic (exact) mass is 343 g/mol. The topological polar surface area (TPSA) is 43.3 Å². The van der Waals surface area contributed by atoms with Crippen LogP contribution in [0.25, 0.3) is 16.6 Å². The van der Waals surface area contributed by atoms with Gasteiger partial charge in [0, 0.05) is 22.9 Å². The van der Waals surface area contributed by atoms with E-state index in [2.05, 4.69) is 14.6 Å². The Morgan fingerprint density at radius 3 is 2.78 bits per heavy atom. The fourth-order valence-corrected chi connectivity index (χ4v) is 3.92. The van der Waals surface area contributed by atoms with Crippen LogP contribution in [-0.4, -0.2) is 14.6 Å². The first-order valence-electron chi connectivity index (χ1n) is 7.24. The van der Waals surface area contributed by atoms with Gasteiger partial charge in [0.15, 0.2) is 5.58 Å². The highest BCUT2D eigenvalue weighted by molar-refractivity contribution is 7.98. The van der Waals surface area contributed by atoms with Crippen LogP contribution < -0.4 is 0 Å². The standard InChI is InChI=1S/C17H14ClN3OS/c1-10-7-14-16(22-10)8-15-17(20-19-11(2)21(14)15)23-9-12-5-3-4-6-13(12)18/h3-8H,9H2,1-2H3. The third-order valence-corrected chi connectivity index (χ3v) is 5.15. The summed E-state index contributed by atoms with van der Waals surface area (Å²) in [5, 5.41) is 10.3. The lowest BCUT2D eigenvalue weighted by Gasteiger charge is -2.06. The van der Waals surface area contributed by atoms with Gasteiger partial charge in [0.2, 0.25) is 0 Å². The van der Waals surface area contributed by atoms with E-state index in [0.717, 1.165) is 49.6 Å². The largest absolute Gasteiger partial charge is 0.460 e. The van der Waals surface area contributed by atoms with Gasteiger partial charge in [0.25, 0.3) is 0 Å². The van der Waals surface area contributed by atoms with Crippen LogP contribution in [0.15, 0.2) is 45.8 Å². The summed E-state index contributed by atoms with van der Waals surface area (Å²) in [6.45, 7) is 3.90. The maximum absolute atomic E-state index is 6.23. The summed E-state index contributed by atoms with van der Waals surface area (Å²) >= 11 is 7.86. The highest BCUT2D eigenvalue weighted by Crippen LogP contribution is 2.32. The summed E-state index contributed by atoms with van der Waals surface area (Å²) in [6, 6.07) is 11.9. The minimum Gasteiger partial charge on any atom is -0.460 e. The van der Waals surface area contributed by atoms with Crippen molar-refractivity contribution >= 4 is 40.0 Å². The second-order valence-electron chi connectivity index (χ2n) is 5.40. The molecule has 0 fully saturated rings. The molecule has 3 aromatic heterocycles. The number of fused-ring (bicyclic) bond motifs is 3. The number of nitrogens with zero attached hydrogens (tertiary/aromatic N) is 3. The quantitative estimate of drug-likeness (QED) is 0.489. The van der Waals surface area contributed by atoms with Crippen molar-refractivity contribution in [2.45, 2.75) is 24.6 Å². The molecular formula is C17H14ClN3OS. The van der Waals surface area contributed by atoms with Crippen LogP contribution in [0, 0.1) is 13.8 Å². The van der Waals surface area contributed by atoms with E-state index >= 15 is 0 Å². The van der Waals surface area contributed by atoms with Crippen molar-refractivity contribution < 1.29 is 4.42 Å². The van der Waals surface area contributed by atoms with Crippen LogP contribution >= 0.6 is 23.4 Å². The Kier molecular flexibility index (Phi) is 3.54. The summed E-state index contributed by atoms with van der Waals surface area (Å²) in [5.74, 6) is 2.49. The Balaban J connectivity index is 1.77. The molecule has 1 aromatic carbocycles. The number of furan rings is 1. The van der Waals surface area contributed by atoms with Gasteiger partial charge in [0.05, 0.1) is 11.0 Å². The summed E-state index contributed by atoms with van der Waals surface area (Å²) < 4.78 is 7.83. The lowest BCUT2D eigenvalue weighted by molar-refractivity contribution is 0.579. The summed E-state index contributed by atoms with van der Waals surface area (Å²) in [6.07, 6.45) is 0. The molecule has 4 rings (SSSR count). The minimum absolute atomic E-state index is 0.749. The first kappa shape index (κ1) is 14.6. The number of thioether (sulfide) groups is 1. The molecule has 23 heavy (non-hydrogen) atoms. The Bertz CT molecular complexity index is 1020. The molecule has 4 aromatic rings. The van der Waals surface area contributed by atoms with Crippen LogP contribution in [0.1, 0.15) is 17.1 Å². The van der Waals surface area contributed by atoms with Crippen LogP contribution in [0.2, 0.25) is 5.02 Å². The first-order valence-corrected chi connectivity index (χ1v) is 8.61. The van der Waals surface area contributed by atoms with E-state index in [0.29, 0.717) is 0 Å². The highest BCUT2D eigenvalue weighted by atomic mass is 35.5. The van der Waals surface area contributed by atoms with E-state index in [1.54, 1.807) is 11.8 Å². The van der Waals surface area contributed by atoms with Gasteiger partial charge in [-0.1, -0.05) is 41.6 Å². The highest BCUT2D eigenvalue weighted by Gasteiger charge is 2.15. The molecule has 0 N–H and O–H groups in total. The van der Waals surface area contributed by atoms with Gasteiger partial charge >= 0.3 is 0 Å². The molecule has 0 spiro atoms. The molecule has 0 amide bonds. The molecule has 0 radical (unpaired) electrons. The molecule has 0 saturated carbocycles. The van der Waals surface area contributed by atoms with E-state index in [1.807, 2.05) is 50.2 Å². The maximum atomic E-state index is 6.23. The molecule has 0 saturated heterocycles. The van der Waals surface area contributed by atoms with E-state index in [9.17, 15) is 0 Å². The Labute approximate surface area is 142 Å². The number of hydrogen-bond acceptors (Lipinski definition) is 4. The molecule has 0 aliphatic heterocycles. The lowest BCUT2D eigenvalue weighted by Crippen LogP contribution is -1.99. The van der Waals surface area contributed by atoms with E-state index < -0.39 is 0 Å². The average Bonchev–Trinajstić information content (AvgIpc) is 3.04. The predicted molar refractivity (Wildman–Crippen MR) is 93.2 cm³/mol. The first-order chi connectivity index (χ1) is 11.1. The minimum atomic E-state index is 0.749. The van der Waals surface area contributed by atoms with Gasteiger partial charge in [-0.05, 0) is 25.5 Å². The molecule has 0 aliphatic carbocycles. The predicted octanol–water partition coefficient (Wildman–Crippen LogP) is 5.04. The zero-order valence-electron chi connectivity index (χ0n) is 12.7. The molecule has 6 heteroatoms. The maximum Gasteiger partial charge on any atom is 0.153 e. The third kappa shape index (κ3) is 2.50. The van der Waals surface area contributed by atoms with Crippen LogP contribution in [0.3, 0.4) is 0 Å². The number of hydrogen-bond donors (Lipinski definition) is 0. The number of rotatable bonds is 3. The zero-order valence-corrected chi connectivity index (χ0v) is 14.3. The summed E-state index contributed by atoms with van der Waals surface area (Å²) in [5.41, 5.74) is 4.00. The van der Waals surface area contributed by atoms with Gasteiger partial charge in [-0.25, -0.2) is 0 Å². The van der Waals surface area contributed by atoms with Crippen molar-refractivity contribution in [3.05, 3.63) is 58.6 Å².